The second-order valence-electron chi connectivity index (χ2n) is 1.99. The molecule has 1 rings (SSSR count). The van der Waals surface area contributed by atoms with Gasteiger partial charge in [0, 0.05) is 18.6 Å². The van der Waals surface area contributed by atoms with Crippen molar-refractivity contribution in [3.05, 3.63) is 23.8 Å². The summed E-state index contributed by atoms with van der Waals surface area (Å²) in [5, 5.41) is 17.6. The van der Waals surface area contributed by atoms with Crippen LogP contribution in [0.15, 0.2) is 18.2 Å². The number of rotatable bonds is 0. The molecule has 0 amide bonds. The van der Waals surface area contributed by atoms with Crippen LogP contribution in [0.3, 0.4) is 0 Å². The van der Waals surface area contributed by atoms with Gasteiger partial charge in [-0.3, -0.25) is 0 Å². The van der Waals surface area contributed by atoms with E-state index >= 15 is 0 Å². The molecule has 0 spiro atoms. The molecule has 0 atom stereocenters. The van der Waals surface area contributed by atoms with Crippen LogP contribution < -0.4 is 0 Å². The average Bonchev–Trinajstić information content (AvgIpc) is 1.80. The van der Waals surface area contributed by atoms with E-state index in [0.29, 0.717) is 0 Å². The summed E-state index contributed by atoms with van der Waals surface area (Å²) in [7, 11) is 0. The number of phenols is 2. The predicted molar refractivity (Wildman–Crippen MR) is 34.5 cm³/mol. The van der Waals surface area contributed by atoms with Crippen LogP contribution in [-0.2, 0) is 18.6 Å². The molecule has 0 saturated heterocycles. The maximum atomic E-state index is 8.85. The Balaban J connectivity index is 0.000000810. The van der Waals surface area contributed by atoms with E-state index in [4.69, 9.17) is 10.2 Å². The van der Waals surface area contributed by atoms with Crippen LogP contribution in [0.1, 0.15) is 5.56 Å². The molecule has 0 heterocycles. The Labute approximate surface area is 71.4 Å². The van der Waals surface area contributed by atoms with E-state index in [0.717, 1.165) is 5.56 Å². The van der Waals surface area contributed by atoms with E-state index < -0.39 is 0 Å². The third kappa shape index (κ3) is 1.97. The summed E-state index contributed by atoms with van der Waals surface area (Å²) >= 11 is 0. The normalized spacial score (nSPS) is 8.50. The van der Waals surface area contributed by atoms with Crippen molar-refractivity contribution in [1.29, 1.82) is 0 Å². The van der Waals surface area contributed by atoms with E-state index in [1.165, 1.54) is 12.1 Å². The van der Waals surface area contributed by atoms with Crippen molar-refractivity contribution < 1.29 is 28.8 Å². The smallest absolute Gasteiger partial charge is 0.157 e. The van der Waals surface area contributed by atoms with Gasteiger partial charge in [0.25, 0.3) is 0 Å². The molecule has 0 aromatic heterocycles. The molecule has 10 heavy (non-hydrogen) atoms. The maximum Gasteiger partial charge on any atom is 0.157 e. The molecular formula is C7H8O2V. The molecule has 0 aliphatic rings. The zero-order chi connectivity index (χ0) is 6.85. The molecule has 0 unspecified atom stereocenters. The SMILES string of the molecule is Cc1ccc(O)c(O)c1.[V]. The Morgan fingerprint density at radius 2 is 1.70 bits per heavy atom. The van der Waals surface area contributed by atoms with Gasteiger partial charge in [-0.2, -0.15) is 0 Å². The van der Waals surface area contributed by atoms with Gasteiger partial charge in [0.15, 0.2) is 11.5 Å². The Bertz CT molecular complexity index is 223. The van der Waals surface area contributed by atoms with E-state index in [2.05, 4.69) is 0 Å². The van der Waals surface area contributed by atoms with Gasteiger partial charge in [-0.1, -0.05) is 6.07 Å². The minimum atomic E-state index is -0.0689. The van der Waals surface area contributed by atoms with E-state index in [9.17, 15) is 0 Å². The Kier molecular flexibility index (Phi) is 3.33. The summed E-state index contributed by atoms with van der Waals surface area (Å²) in [6.45, 7) is 1.85. The van der Waals surface area contributed by atoms with Gasteiger partial charge in [0.1, 0.15) is 0 Å². The molecule has 2 nitrogen and oxygen atoms in total. The molecule has 1 radical (unpaired) electrons. The Hall–Kier alpha value is -0.596. The van der Waals surface area contributed by atoms with Crippen LogP contribution >= 0.6 is 0 Å². The molecule has 0 saturated carbocycles. The summed E-state index contributed by atoms with van der Waals surface area (Å²) in [4.78, 5) is 0. The summed E-state index contributed by atoms with van der Waals surface area (Å²) < 4.78 is 0. The van der Waals surface area contributed by atoms with Gasteiger partial charge in [0.2, 0.25) is 0 Å². The van der Waals surface area contributed by atoms with E-state index in [1.54, 1.807) is 6.07 Å². The number of benzene rings is 1. The van der Waals surface area contributed by atoms with Crippen molar-refractivity contribution >= 4 is 0 Å². The monoisotopic (exact) mass is 175 g/mol. The zero-order valence-electron chi connectivity index (χ0n) is 5.57. The molecular weight excluding hydrogens is 167 g/mol. The topological polar surface area (TPSA) is 40.5 Å². The first-order chi connectivity index (χ1) is 4.20. The minimum Gasteiger partial charge on any atom is -0.504 e. The zero-order valence-corrected chi connectivity index (χ0v) is 6.97. The number of hydrogen-bond donors (Lipinski definition) is 2. The maximum absolute atomic E-state index is 8.85. The van der Waals surface area contributed by atoms with Crippen LogP contribution in [0.2, 0.25) is 0 Å². The van der Waals surface area contributed by atoms with Crippen LogP contribution in [0.5, 0.6) is 11.5 Å². The third-order valence-electron chi connectivity index (χ3n) is 1.13. The van der Waals surface area contributed by atoms with Crippen molar-refractivity contribution in [2.75, 3.05) is 0 Å². The Morgan fingerprint density at radius 1 is 1.10 bits per heavy atom. The first kappa shape index (κ1) is 9.40. The summed E-state index contributed by atoms with van der Waals surface area (Å²) in [5.41, 5.74) is 0.935. The quantitative estimate of drug-likeness (QED) is 0.585. The summed E-state index contributed by atoms with van der Waals surface area (Å²) in [5.74, 6) is -0.129. The minimum absolute atomic E-state index is 0. The summed E-state index contributed by atoms with van der Waals surface area (Å²) in [6.07, 6.45) is 0. The third-order valence-corrected chi connectivity index (χ3v) is 1.13. The molecule has 1 aromatic rings. The van der Waals surface area contributed by atoms with Crippen molar-refractivity contribution in [2.45, 2.75) is 6.92 Å². The Morgan fingerprint density at radius 3 is 2.10 bits per heavy atom. The molecule has 3 heteroatoms. The van der Waals surface area contributed by atoms with E-state index in [-0.39, 0.29) is 30.1 Å². The van der Waals surface area contributed by atoms with Crippen LogP contribution in [0.4, 0.5) is 0 Å². The van der Waals surface area contributed by atoms with Gasteiger partial charge >= 0.3 is 0 Å². The second-order valence-corrected chi connectivity index (χ2v) is 1.99. The molecule has 0 aliphatic carbocycles. The number of phenolic OH excluding ortho intramolecular Hbond substituents is 2. The van der Waals surface area contributed by atoms with Gasteiger partial charge in [0.05, 0.1) is 0 Å². The molecule has 2 N–H and O–H groups in total. The van der Waals surface area contributed by atoms with Crippen molar-refractivity contribution in [3.63, 3.8) is 0 Å². The van der Waals surface area contributed by atoms with E-state index in [1.807, 2.05) is 6.92 Å². The van der Waals surface area contributed by atoms with Gasteiger partial charge in [-0.25, -0.2) is 0 Å². The molecule has 0 aliphatic heterocycles. The molecule has 0 bridgehead atoms. The fourth-order valence-electron chi connectivity index (χ4n) is 0.633. The van der Waals surface area contributed by atoms with Gasteiger partial charge < -0.3 is 10.2 Å². The fourth-order valence-corrected chi connectivity index (χ4v) is 0.633. The number of aromatic hydroxyl groups is 2. The predicted octanol–water partition coefficient (Wildman–Crippen LogP) is 1.40. The van der Waals surface area contributed by atoms with Crippen molar-refractivity contribution in [3.8, 4) is 11.5 Å². The fraction of sp³-hybridized carbons (Fsp3) is 0.143. The first-order valence-electron chi connectivity index (χ1n) is 2.69. The number of hydrogen-bond acceptors (Lipinski definition) is 2. The average molecular weight is 175 g/mol. The van der Waals surface area contributed by atoms with Crippen molar-refractivity contribution in [2.24, 2.45) is 0 Å². The standard InChI is InChI=1S/C7H8O2.V/c1-5-2-3-6(8)7(9)4-5;/h2-4,8-9H,1H3;. The van der Waals surface area contributed by atoms with Gasteiger partial charge in [-0.15, -0.1) is 0 Å². The van der Waals surface area contributed by atoms with Crippen LogP contribution in [-0.4, -0.2) is 10.2 Å². The van der Waals surface area contributed by atoms with Crippen molar-refractivity contribution in [1.82, 2.24) is 0 Å². The molecule has 0 fully saturated rings. The summed E-state index contributed by atoms with van der Waals surface area (Å²) in [6, 6.07) is 4.70. The van der Waals surface area contributed by atoms with Crippen LogP contribution in [0, 0.1) is 6.92 Å². The largest absolute Gasteiger partial charge is 0.504 e. The number of aryl methyl sites for hydroxylation is 1. The molecule has 1 aromatic carbocycles. The first-order valence-corrected chi connectivity index (χ1v) is 2.69. The van der Waals surface area contributed by atoms with Gasteiger partial charge in [-0.05, 0) is 24.6 Å². The second kappa shape index (κ2) is 3.54. The van der Waals surface area contributed by atoms with Crippen LogP contribution in [0.25, 0.3) is 0 Å². The molecule has 53 valence electrons.